The summed E-state index contributed by atoms with van der Waals surface area (Å²) in [4.78, 5) is 48.2. The number of para-hydroxylation sites is 3. The molecule has 15 rings (SSSR count). The van der Waals surface area contributed by atoms with Gasteiger partial charge in [0.1, 0.15) is 11.4 Å². The van der Waals surface area contributed by atoms with Crippen molar-refractivity contribution in [2.24, 2.45) is 35.0 Å². The Morgan fingerprint density at radius 1 is 0.491 bits per heavy atom. The molecule has 3 heterocycles. The molecule has 22 nitrogen and oxygen atoms in total. The van der Waals surface area contributed by atoms with Crippen LogP contribution in [-0.2, 0) is 6.54 Å². The first kappa shape index (κ1) is 89.7. The fourth-order valence-corrected chi connectivity index (χ4v) is 12.9. The summed E-state index contributed by atoms with van der Waals surface area (Å²) in [5.41, 5.74) is 38.3. The monoisotopic (exact) mass is 1560 g/mol. The van der Waals surface area contributed by atoms with Gasteiger partial charge in [-0.15, -0.1) is 0 Å². The molecule has 3 aromatic heterocycles. The van der Waals surface area contributed by atoms with Gasteiger partial charge in [0.2, 0.25) is 0 Å². The maximum absolute atomic E-state index is 13.3. The molecule has 116 heavy (non-hydrogen) atoms. The first-order valence-electron chi connectivity index (χ1n) is 38.6. The van der Waals surface area contributed by atoms with Crippen LogP contribution in [0.15, 0.2) is 255 Å². The summed E-state index contributed by atoms with van der Waals surface area (Å²) < 4.78 is 4.59. The number of nitrogens with one attached hydrogen (secondary N) is 3. The number of carbonyl (C=O) groups is 3. The molecule has 3 fully saturated rings. The van der Waals surface area contributed by atoms with E-state index in [1.54, 1.807) is 70.9 Å². The topological polar surface area (TPSA) is 303 Å². The summed E-state index contributed by atoms with van der Waals surface area (Å²) in [5, 5.41) is 40.2. The number of hydrogen-bond donors (Lipinski definition) is 8. The van der Waals surface area contributed by atoms with Crippen LogP contribution in [0, 0.1) is 56.4 Å². The summed E-state index contributed by atoms with van der Waals surface area (Å²) in [5.74, 6) is 1.10. The number of carboxylic acid groups (broad SMARTS) is 1. The third kappa shape index (κ3) is 26.6. The van der Waals surface area contributed by atoms with Crippen molar-refractivity contribution >= 4 is 83.1 Å². The molecule has 12 N–H and O–H groups in total. The summed E-state index contributed by atoms with van der Waals surface area (Å²) >= 11 is 0. The molecule has 3 aliphatic carbocycles. The summed E-state index contributed by atoms with van der Waals surface area (Å²) in [6.45, 7) is 19.3. The Bertz CT molecular complexity index is 5190. The quantitative estimate of drug-likeness (QED) is 0.00978. The molecule has 0 unspecified atom stereocenters. The van der Waals surface area contributed by atoms with Crippen LogP contribution in [0.2, 0.25) is 0 Å². The smallest absolute Gasteiger partial charge is 1.00 e. The molecule has 3 aliphatic rings. The molecule has 12 aromatic rings. The SMILES string of the molecule is C.Cc1cc(C(=O)Nc2cccc(N(CCC3CC3)c3ccccc3)c2)n(-c2cccc(CN)c2)n1.Cc1cc(C(=O)O)n(-c2cccc(C#N)c2)n1.NCCNCCN.Nc1cccc(N(CCC2CC2)c2ccccc2)c1.[B].[C-]#[N+]c1cccc(-n2nc(C)cc2C(=O)Nc2cccc(N(CCC3CC3)c3ccccc3)c2)c1.[H-].[Na+]. The number of nitriles is 1. The van der Waals surface area contributed by atoms with E-state index in [0.717, 1.165) is 119 Å². The van der Waals surface area contributed by atoms with Crippen molar-refractivity contribution in [3.05, 3.63) is 311 Å². The minimum absolute atomic E-state index is 0. The molecule has 0 spiro atoms. The number of benzene rings is 9. The van der Waals surface area contributed by atoms with Gasteiger partial charge in [-0.05, 0) is 215 Å². The average molecular weight is 1560 g/mol. The Kier molecular flexibility index (Phi) is 35.0. The van der Waals surface area contributed by atoms with Crippen molar-refractivity contribution in [1.29, 1.82) is 5.26 Å². The van der Waals surface area contributed by atoms with Crippen molar-refractivity contribution in [3.8, 4) is 23.1 Å². The Labute approximate surface area is 707 Å². The number of carbonyl (C=O) groups excluding carboxylic acids is 2. The average Bonchev–Trinajstić information content (AvgIpc) is 1.75. The van der Waals surface area contributed by atoms with Crippen molar-refractivity contribution < 1.29 is 50.5 Å². The third-order valence-corrected chi connectivity index (χ3v) is 19.2. The van der Waals surface area contributed by atoms with Gasteiger partial charge < -0.3 is 60.1 Å². The zero-order chi connectivity index (χ0) is 79.4. The molecular weight excluding hydrogens is 1450 g/mol. The molecule has 9 aromatic carbocycles. The predicted molar refractivity (Wildman–Crippen MR) is 467 cm³/mol. The minimum Gasteiger partial charge on any atom is -1.00 e. The van der Waals surface area contributed by atoms with Crippen molar-refractivity contribution in [2.45, 2.75) is 92.5 Å². The largest absolute Gasteiger partial charge is 1.00 e. The first-order chi connectivity index (χ1) is 55.1. The van der Waals surface area contributed by atoms with E-state index in [0.29, 0.717) is 59.3 Å². The standard InChI is InChI=1S/C29H27N5O.C29H31N5O.C17H20N2.C12H9N3O2.C4H13N3.CH4.B.Na.H/c1-21-18-28(34(32-21)27-13-6-8-23(19-27)30-2)29(35)31-24-9-7-12-26(20-24)33(17-16-22-14-15-22)25-10-4-3-5-11-25;1-21-17-28(34(32-21)27-12-5-7-23(18-27)20-30)29(35)31-24-8-6-11-26(19-24)33(16-15-22-13-14-22)25-9-3-2-4-10-25;18-15-5-4-8-17(13-15)19(12-11-14-9-10-14)16-6-2-1-3-7-16;1-8-5-11(12(16)17)15(14-8)10-4-2-3-9(6-10)7-13;5-1-3-7-4-2-6;;;;/h3-13,18-20,22H,14-17H2,1H3,(H,31,35);2-12,17-19,22H,13-16,20,30H2,1H3,(H,31,35);1-8,13-14H,9-12,18H2;2-6H,1H3,(H,16,17);7H,1-6H2;1H4;;;/q;;;;;;;+1;-1. The van der Waals surface area contributed by atoms with Gasteiger partial charge >= 0.3 is 35.5 Å². The van der Waals surface area contributed by atoms with Crippen molar-refractivity contribution in [2.75, 3.05) is 76.9 Å². The van der Waals surface area contributed by atoms with Gasteiger partial charge in [0.25, 0.3) is 11.8 Å². The predicted octanol–water partition coefficient (Wildman–Crippen LogP) is 14.6. The van der Waals surface area contributed by atoms with E-state index in [2.05, 4.69) is 154 Å². The molecule has 0 aliphatic heterocycles. The maximum Gasteiger partial charge on any atom is 1.00 e. The second-order valence-corrected chi connectivity index (χ2v) is 28.3. The van der Waals surface area contributed by atoms with E-state index >= 15 is 0 Å². The fourth-order valence-electron chi connectivity index (χ4n) is 12.9. The van der Waals surface area contributed by atoms with Crippen LogP contribution in [0.4, 0.5) is 56.9 Å². The van der Waals surface area contributed by atoms with E-state index in [1.807, 2.05) is 111 Å². The number of aromatic carboxylic acids is 1. The normalized spacial score (nSPS) is 12.1. The van der Waals surface area contributed by atoms with Gasteiger partial charge in [-0.25, -0.2) is 23.7 Å². The van der Waals surface area contributed by atoms with E-state index < -0.39 is 5.97 Å². The number of nitrogens with two attached hydrogens (primary N) is 4. The van der Waals surface area contributed by atoms with Crippen LogP contribution in [0.3, 0.4) is 0 Å². The zero-order valence-electron chi connectivity index (χ0n) is 67.0. The van der Waals surface area contributed by atoms with Crippen molar-refractivity contribution in [3.63, 3.8) is 0 Å². The Balaban J connectivity index is 0.000000215. The second-order valence-electron chi connectivity index (χ2n) is 28.3. The molecule has 24 heteroatoms. The minimum atomic E-state index is -1.05. The Morgan fingerprint density at radius 2 is 0.862 bits per heavy atom. The number of aryl methyl sites for hydroxylation is 3. The van der Waals surface area contributed by atoms with Crippen LogP contribution >= 0.6 is 0 Å². The van der Waals surface area contributed by atoms with E-state index in [4.69, 9.17) is 39.9 Å². The Hall–Kier alpha value is -11.9. The summed E-state index contributed by atoms with van der Waals surface area (Å²) in [7, 11) is 0. The number of carboxylic acids is 1. The molecule has 591 valence electrons. The Morgan fingerprint density at radius 3 is 1.26 bits per heavy atom. The second kappa shape index (κ2) is 45.3. The van der Waals surface area contributed by atoms with Gasteiger partial charge in [0.15, 0.2) is 11.4 Å². The maximum atomic E-state index is 13.3. The number of rotatable bonds is 28. The summed E-state index contributed by atoms with van der Waals surface area (Å²) in [6, 6.07) is 84.2. The van der Waals surface area contributed by atoms with Gasteiger partial charge in [-0.1, -0.05) is 149 Å². The molecule has 0 bridgehead atoms. The molecule has 0 atom stereocenters. The summed E-state index contributed by atoms with van der Waals surface area (Å²) in [6.07, 6.45) is 11.7. The number of anilines is 9. The van der Waals surface area contributed by atoms with Gasteiger partial charge in [0, 0.05) is 112 Å². The zero-order valence-corrected chi connectivity index (χ0v) is 68.0. The van der Waals surface area contributed by atoms with E-state index in [9.17, 15) is 14.4 Å². The molecule has 3 radical (unpaired) electrons. The number of nitrogens with zero attached hydrogens (tertiary/aromatic N) is 11. The van der Waals surface area contributed by atoms with Crippen LogP contribution < -0.4 is 83.1 Å². The van der Waals surface area contributed by atoms with Gasteiger partial charge in [0.05, 0.1) is 52.3 Å². The fraction of sp³-hybridized carbons (Fsp3) is 0.261. The molecule has 0 saturated heterocycles. The van der Waals surface area contributed by atoms with Gasteiger partial charge in [-0.2, -0.15) is 20.6 Å². The van der Waals surface area contributed by atoms with E-state index in [-0.39, 0.29) is 64.3 Å². The van der Waals surface area contributed by atoms with E-state index in [1.165, 1.54) is 73.5 Å². The molecule has 3 saturated carbocycles. The number of hydrogen-bond acceptors (Lipinski definition) is 15. The molecule has 2 amide bonds. The number of nitrogen functional groups attached to an aromatic ring is 1. The third-order valence-electron chi connectivity index (χ3n) is 19.2. The van der Waals surface area contributed by atoms with Crippen LogP contribution in [0.1, 0.15) is 126 Å². The van der Waals surface area contributed by atoms with Crippen molar-refractivity contribution in [1.82, 2.24) is 34.7 Å². The van der Waals surface area contributed by atoms with Crippen LogP contribution in [0.5, 0.6) is 0 Å². The first-order valence-corrected chi connectivity index (χ1v) is 38.6. The van der Waals surface area contributed by atoms with Crippen LogP contribution in [0.25, 0.3) is 21.9 Å². The number of amides is 2. The van der Waals surface area contributed by atoms with Gasteiger partial charge in [-0.3, -0.25) is 9.59 Å². The number of aromatic nitrogens is 6. The molecular formula is C92H105BN18NaO4. The van der Waals surface area contributed by atoms with Crippen LogP contribution in [-0.4, -0.2) is 106 Å².